The molecule has 21 heavy (non-hydrogen) atoms. The Morgan fingerprint density at radius 2 is 1.71 bits per heavy atom. The van der Waals surface area contributed by atoms with Crippen LogP contribution in [-0.4, -0.2) is 30.1 Å². The number of nitrogens with two attached hydrogens (primary N) is 1. The third-order valence-electron chi connectivity index (χ3n) is 7.07. The van der Waals surface area contributed by atoms with Gasteiger partial charge in [-0.05, 0) is 62.3 Å². The topological polar surface area (TPSA) is 29.3 Å². The number of nitrogens with zero attached hydrogens (tertiary/aromatic N) is 1. The van der Waals surface area contributed by atoms with Crippen molar-refractivity contribution in [3.8, 4) is 0 Å². The maximum Gasteiger partial charge on any atom is 0.0331 e. The summed E-state index contributed by atoms with van der Waals surface area (Å²) in [6.07, 6.45) is 11.0. The average molecular weight is 295 g/mol. The fraction of sp³-hybridized carbons (Fsp3) is 1.00. The fourth-order valence-corrected chi connectivity index (χ4v) is 4.52. The summed E-state index contributed by atoms with van der Waals surface area (Å²) < 4.78 is 0. The van der Waals surface area contributed by atoms with Gasteiger partial charge in [0.25, 0.3) is 0 Å². The van der Waals surface area contributed by atoms with Crippen molar-refractivity contribution in [3.63, 3.8) is 0 Å². The lowest BCUT2D eigenvalue weighted by atomic mass is 9.65. The SMILES string of the molecule is CCN(CC1CCC1)C1(CN)CCC(C(C)(C)CC)CC1. The van der Waals surface area contributed by atoms with E-state index < -0.39 is 0 Å². The lowest BCUT2D eigenvalue weighted by Gasteiger charge is -2.51. The van der Waals surface area contributed by atoms with E-state index in [2.05, 4.69) is 32.6 Å². The van der Waals surface area contributed by atoms with Crippen LogP contribution in [-0.2, 0) is 0 Å². The summed E-state index contributed by atoms with van der Waals surface area (Å²) in [6.45, 7) is 12.9. The Bertz CT molecular complexity index is 312. The van der Waals surface area contributed by atoms with E-state index in [1.165, 1.54) is 64.5 Å². The lowest BCUT2D eigenvalue weighted by molar-refractivity contribution is 0.00288. The van der Waals surface area contributed by atoms with E-state index >= 15 is 0 Å². The molecule has 2 nitrogen and oxygen atoms in total. The van der Waals surface area contributed by atoms with Crippen LogP contribution in [0.25, 0.3) is 0 Å². The van der Waals surface area contributed by atoms with Crippen LogP contribution in [0.15, 0.2) is 0 Å². The first kappa shape index (κ1) is 17.3. The Balaban J connectivity index is 1.98. The average Bonchev–Trinajstić information content (AvgIpc) is 2.46. The zero-order valence-corrected chi connectivity index (χ0v) is 15.0. The number of hydrogen-bond donors (Lipinski definition) is 1. The third kappa shape index (κ3) is 3.64. The molecule has 0 bridgehead atoms. The number of rotatable bonds is 7. The van der Waals surface area contributed by atoms with Gasteiger partial charge in [0.05, 0.1) is 0 Å². The van der Waals surface area contributed by atoms with E-state index in [4.69, 9.17) is 5.73 Å². The van der Waals surface area contributed by atoms with Crippen LogP contribution in [0.2, 0.25) is 0 Å². The van der Waals surface area contributed by atoms with Gasteiger partial charge in [0, 0.05) is 18.6 Å². The summed E-state index contributed by atoms with van der Waals surface area (Å²) in [6, 6.07) is 0. The van der Waals surface area contributed by atoms with Gasteiger partial charge in [0.15, 0.2) is 0 Å². The summed E-state index contributed by atoms with van der Waals surface area (Å²) >= 11 is 0. The highest BCUT2D eigenvalue weighted by atomic mass is 15.2. The highest BCUT2D eigenvalue weighted by Gasteiger charge is 2.42. The molecule has 2 aliphatic rings. The molecule has 0 atom stereocenters. The summed E-state index contributed by atoms with van der Waals surface area (Å²) in [7, 11) is 0. The van der Waals surface area contributed by atoms with Crippen LogP contribution in [0.1, 0.15) is 79.1 Å². The summed E-state index contributed by atoms with van der Waals surface area (Å²) in [4.78, 5) is 2.76. The predicted molar refractivity (Wildman–Crippen MR) is 92.4 cm³/mol. The second-order valence-electron chi connectivity index (χ2n) is 8.38. The first-order chi connectivity index (χ1) is 9.97. The maximum absolute atomic E-state index is 6.30. The van der Waals surface area contributed by atoms with Gasteiger partial charge in [0.1, 0.15) is 0 Å². The van der Waals surface area contributed by atoms with Crippen molar-refractivity contribution in [2.45, 2.75) is 84.6 Å². The van der Waals surface area contributed by atoms with Crippen molar-refractivity contribution < 1.29 is 0 Å². The van der Waals surface area contributed by atoms with E-state index in [1.54, 1.807) is 0 Å². The Labute approximate surface area is 132 Å². The first-order valence-corrected chi connectivity index (χ1v) is 9.42. The molecule has 2 fully saturated rings. The van der Waals surface area contributed by atoms with Crippen molar-refractivity contribution in [3.05, 3.63) is 0 Å². The molecule has 124 valence electrons. The van der Waals surface area contributed by atoms with Gasteiger partial charge in [-0.1, -0.05) is 40.5 Å². The Morgan fingerprint density at radius 3 is 2.10 bits per heavy atom. The second kappa shape index (κ2) is 7.00. The van der Waals surface area contributed by atoms with Gasteiger partial charge in [-0.25, -0.2) is 0 Å². The number of hydrogen-bond acceptors (Lipinski definition) is 2. The monoisotopic (exact) mass is 294 g/mol. The molecule has 2 rings (SSSR count). The predicted octanol–water partition coefficient (Wildman–Crippen LogP) is 4.43. The molecule has 0 radical (unpaired) electrons. The van der Waals surface area contributed by atoms with Gasteiger partial charge in [-0.3, -0.25) is 4.90 Å². The summed E-state index contributed by atoms with van der Waals surface area (Å²) in [5.74, 6) is 1.85. The fourth-order valence-electron chi connectivity index (χ4n) is 4.52. The Morgan fingerprint density at radius 1 is 1.10 bits per heavy atom. The molecule has 2 saturated carbocycles. The third-order valence-corrected chi connectivity index (χ3v) is 7.07. The quantitative estimate of drug-likeness (QED) is 0.752. The molecule has 0 saturated heterocycles. The minimum absolute atomic E-state index is 0.310. The molecule has 0 aromatic heterocycles. The molecule has 0 aromatic rings. The van der Waals surface area contributed by atoms with E-state index in [0.29, 0.717) is 11.0 Å². The second-order valence-corrected chi connectivity index (χ2v) is 8.38. The van der Waals surface area contributed by atoms with Crippen LogP contribution >= 0.6 is 0 Å². The zero-order chi connectivity index (χ0) is 15.5. The van der Waals surface area contributed by atoms with E-state index in [0.717, 1.165) is 18.4 Å². The van der Waals surface area contributed by atoms with Gasteiger partial charge in [0.2, 0.25) is 0 Å². The van der Waals surface area contributed by atoms with Crippen LogP contribution in [0.5, 0.6) is 0 Å². The van der Waals surface area contributed by atoms with E-state index in [9.17, 15) is 0 Å². The van der Waals surface area contributed by atoms with Gasteiger partial charge in [-0.15, -0.1) is 0 Å². The zero-order valence-electron chi connectivity index (χ0n) is 15.0. The Kier molecular flexibility index (Phi) is 5.76. The minimum Gasteiger partial charge on any atom is -0.329 e. The Hall–Kier alpha value is -0.0800. The number of likely N-dealkylation sites (N-methyl/N-ethyl adjacent to an activating group) is 1. The van der Waals surface area contributed by atoms with Gasteiger partial charge in [-0.2, -0.15) is 0 Å². The molecule has 0 aromatic carbocycles. The highest BCUT2D eigenvalue weighted by molar-refractivity contribution is 4.98. The van der Waals surface area contributed by atoms with Gasteiger partial charge < -0.3 is 5.73 Å². The summed E-state index contributed by atoms with van der Waals surface area (Å²) in [5.41, 5.74) is 7.11. The van der Waals surface area contributed by atoms with E-state index in [1.807, 2.05) is 0 Å². The van der Waals surface area contributed by atoms with Crippen molar-refractivity contribution in [1.29, 1.82) is 0 Å². The molecule has 2 N–H and O–H groups in total. The molecule has 0 aliphatic heterocycles. The molecule has 2 heteroatoms. The largest absolute Gasteiger partial charge is 0.329 e. The summed E-state index contributed by atoms with van der Waals surface area (Å²) in [5, 5.41) is 0. The highest BCUT2D eigenvalue weighted by Crippen LogP contribution is 2.45. The smallest absolute Gasteiger partial charge is 0.0331 e. The van der Waals surface area contributed by atoms with Crippen molar-refractivity contribution in [2.75, 3.05) is 19.6 Å². The van der Waals surface area contributed by atoms with Gasteiger partial charge >= 0.3 is 0 Å². The molecule has 2 aliphatic carbocycles. The molecule has 0 unspecified atom stereocenters. The van der Waals surface area contributed by atoms with Crippen LogP contribution < -0.4 is 5.73 Å². The molecule has 0 spiro atoms. The molecule has 0 amide bonds. The van der Waals surface area contributed by atoms with Crippen molar-refractivity contribution in [2.24, 2.45) is 23.0 Å². The molecular formula is C19H38N2. The molecular weight excluding hydrogens is 256 g/mol. The normalized spacial score (nSPS) is 31.4. The van der Waals surface area contributed by atoms with Crippen molar-refractivity contribution in [1.82, 2.24) is 4.90 Å². The minimum atomic E-state index is 0.310. The van der Waals surface area contributed by atoms with Crippen molar-refractivity contribution >= 4 is 0 Å². The standard InChI is InChI=1S/C19H38N2/c1-5-18(3,4)17-10-12-19(15-20,13-11-17)21(6-2)14-16-8-7-9-16/h16-17H,5-15,20H2,1-4H3. The van der Waals surface area contributed by atoms with Crippen LogP contribution in [0.3, 0.4) is 0 Å². The van der Waals surface area contributed by atoms with Crippen LogP contribution in [0, 0.1) is 17.3 Å². The van der Waals surface area contributed by atoms with Crippen LogP contribution in [0.4, 0.5) is 0 Å². The molecule has 0 heterocycles. The van der Waals surface area contributed by atoms with E-state index in [-0.39, 0.29) is 0 Å². The lowest BCUT2D eigenvalue weighted by Crippen LogP contribution is -2.57. The first-order valence-electron chi connectivity index (χ1n) is 9.42. The maximum atomic E-state index is 6.30.